The van der Waals surface area contributed by atoms with Gasteiger partial charge >= 0.3 is 0 Å². The van der Waals surface area contributed by atoms with Crippen molar-refractivity contribution in [1.29, 1.82) is 0 Å². The van der Waals surface area contributed by atoms with Gasteiger partial charge in [0.1, 0.15) is 5.56 Å². The highest BCUT2D eigenvalue weighted by molar-refractivity contribution is 5.98. The van der Waals surface area contributed by atoms with Crippen LogP contribution in [-0.2, 0) is 0 Å². The minimum Gasteiger partial charge on any atom is -0.352 e. The Balaban J connectivity index is 0.000000320. The molecule has 0 aromatic heterocycles. The zero-order chi connectivity index (χ0) is 24.3. The van der Waals surface area contributed by atoms with E-state index in [9.17, 15) is 29.8 Å². The number of carbonyl (C=O) groups excluding carboxylic acids is 2. The molecule has 2 aromatic rings. The van der Waals surface area contributed by atoms with Crippen molar-refractivity contribution in [3.63, 3.8) is 0 Å². The third kappa shape index (κ3) is 8.90. The van der Waals surface area contributed by atoms with E-state index >= 15 is 0 Å². The first-order chi connectivity index (χ1) is 15.0. The summed E-state index contributed by atoms with van der Waals surface area (Å²) in [6, 6.07) is 11.5. The van der Waals surface area contributed by atoms with Crippen LogP contribution in [0.2, 0.25) is 0 Å². The lowest BCUT2D eigenvalue weighted by molar-refractivity contribution is -0.385. The molecule has 2 aromatic carbocycles. The van der Waals surface area contributed by atoms with Crippen LogP contribution in [0.1, 0.15) is 61.3 Å². The van der Waals surface area contributed by atoms with Crippen LogP contribution in [0, 0.1) is 20.2 Å². The summed E-state index contributed by atoms with van der Waals surface area (Å²) in [5.41, 5.74) is -0.0701. The van der Waals surface area contributed by atoms with E-state index in [0.717, 1.165) is 12.8 Å². The molecule has 0 aliphatic heterocycles. The minimum absolute atomic E-state index is 0.00916. The molecular formula is C22H28N4O6. The van der Waals surface area contributed by atoms with Crippen molar-refractivity contribution in [3.8, 4) is 0 Å². The second-order valence-corrected chi connectivity index (χ2v) is 7.89. The maximum Gasteiger partial charge on any atom is 0.282 e. The standard InChI is InChI=1S/2C11H14N2O3/c1-11(2,3)12-10(14)8-6-4-5-7-9(8)13(15)16;1-2-3-8-12-11(14)9-4-6-10(7-5-9)13(15)16/h4-7H,1-3H3,(H,12,14);4-7H,2-3,8H2,1H3,(H,12,14). The Morgan fingerprint density at radius 2 is 1.50 bits per heavy atom. The van der Waals surface area contributed by atoms with Gasteiger partial charge in [0.2, 0.25) is 0 Å². The van der Waals surface area contributed by atoms with Gasteiger partial charge in [0.15, 0.2) is 0 Å². The number of nitrogens with one attached hydrogen (secondary N) is 2. The highest BCUT2D eigenvalue weighted by Gasteiger charge is 2.22. The zero-order valence-electron chi connectivity index (χ0n) is 18.6. The molecule has 0 saturated carbocycles. The minimum atomic E-state index is -0.558. The SMILES string of the molecule is CC(C)(C)NC(=O)c1ccccc1[N+](=O)[O-].CCCCNC(=O)c1ccc([N+](=O)[O-])cc1. The molecule has 0 fully saturated rings. The molecule has 10 heteroatoms. The highest BCUT2D eigenvalue weighted by atomic mass is 16.6. The Kier molecular flexibility index (Phi) is 9.94. The molecule has 32 heavy (non-hydrogen) atoms. The highest BCUT2D eigenvalue weighted by Crippen LogP contribution is 2.18. The largest absolute Gasteiger partial charge is 0.352 e. The molecule has 2 amide bonds. The molecular weight excluding hydrogens is 416 g/mol. The van der Waals surface area contributed by atoms with Crippen molar-refractivity contribution in [3.05, 3.63) is 79.9 Å². The van der Waals surface area contributed by atoms with Crippen molar-refractivity contribution >= 4 is 23.2 Å². The van der Waals surface area contributed by atoms with Crippen LogP contribution in [0.4, 0.5) is 11.4 Å². The summed E-state index contributed by atoms with van der Waals surface area (Å²) in [6.45, 7) is 8.13. The fourth-order valence-electron chi connectivity index (χ4n) is 2.45. The number of carbonyl (C=O) groups is 2. The van der Waals surface area contributed by atoms with Crippen LogP contribution in [0.5, 0.6) is 0 Å². The third-order valence-corrected chi connectivity index (χ3v) is 3.99. The van der Waals surface area contributed by atoms with E-state index in [4.69, 9.17) is 0 Å². The molecule has 10 nitrogen and oxygen atoms in total. The Hall–Kier alpha value is -3.82. The number of nitrogens with zero attached hydrogens (tertiary/aromatic N) is 2. The molecule has 2 N–H and O–H groups in total. The predicted molar refractivity (Wildman–Crippen MR) is 121 cm³/mol. The average molecular weight is 444 g/mol. The maximum absolute atomic E-state index is 11.8. The van der Waals surface area contributed by atoms with Gasteiger partial charge in [0.25, 0.3) is 23.2 Å². The average Bonchev–Trinajstić information content (AvgIpc) is 2.73. The molecule has 0 unspecified atom stereocenters. The van der Waals surface area contributed by atoms with E-state index < -0.39 is 21.3 Å². The lowest BCUT2D eigenvalue weighted by Gasteiger charge is -2.20. The van der Waals surface area contributed by atoms with Crippen LogP contribution in [0.25, 0.3) is 0 Å². The third-order valence-electron chi connectivity index (χ3n) is 3.99. The van der Waals surface area contributed by atoms with Gasteiger partial charge in [-0.2, -0.15) is 0 Å². The maximum atomic E-state index is 11.8. The quantitative estimate of drug-likeness (QED) is 0.371. The second kappa shape index (κ2) is 12.1. The van der Waals surface area contributed by atoms with E-state index in [1.165, 1.54) is 42.5 Å². The number of benzene rings is 2. The summed E-state index contributed by atoms with van der Waals surface area (Å²) in [4.78, 5) is 43.4. The second-order valence-electron chi connectivity index (χ2n) is 7.89. The number of rotatable bonds is 7. The Morgan fingerprint density at radius 3 is 2.00 bits per heavy atom. The van der Waals surface area contributed by atoms with Crippen molar-refractivity contribution in [1.82, 2.24) is 10.6 Å². The van der Waals surface area contributed by atoms with E-state index in [2.05, 4.69) is 10.6 Å². The molecule has 0 saturated heterocycles. The first kappa shape index (κ1) is 26.2. The summed E-state index contributed by atoms with van der Waals surface area (Å²) in [5, 5.41) is 26.5. The predicted octanol–water partition coefficient (Wildman–Crippen LogP) is 4.25. The number of non-ortho nitro benzene ring substituents is 1. The fraction of sp³-hybridized carbons (Fsp3) is 0.364. The van der Waals surface area contributed by atoms with E-state index in [1.54, 1.807) is 6.07 Å². The van der Waals surface area contributed by atoms with Crippen LogP contribution >= 0.6 is 0 Å². The van der Waals surface area contributed by atoms with Gasteiger partial charge in [-0.15, -0.1) is 0 Å². The molecule has 2 rings (SSSR count). The number of amides is 2. The zero-order valence-corrected chi connectivity index (χ0v) is 18.6. The van der Waals surface area contributed by atoms with Gasteiger partial charge < -0.3 is 10.6 Å². The van der Waals surface area contributed by atoms with Crippen molar-refractivity contribution < 1.29 is 19.4 Å². The van der Waals surface area contributed by atoms with Crippen molar-refractivity contribution in [2.75, 3.05) is 6.54 Å². The number of nitro benzene ring substituents is 2. The topological polar surface area (TPSA) is 144 Å². The first-order valence-corrected chi connectivity index (χ1v) is 10.0. The molecule has 172 valence electrons. The van der Waals surface area contributed by atoms with E-state index in [-0.39, 0.29) is 22.8 Å². The van der Waals surface area contributed by atoms with E-state index in [1.807, 2.05) is 27.7 Å². The van der Waals surface area contributed by atoms with Gasteiger partial charge in [0, 0.05) is 35.8 Å². The lowest BCUT2D eigenvalue weighted by atomic mass is 10.1. The summed E-state index contributed by atoms with van der Waals surface area (Å²) >= 11 is 0. The van der Waals surface area contributed by atoms with Gasteiger partial charge in [-0.05, 0) is 45.4 Å². The number of unbranched alkanes of at least 4 members (excludes halogenated alkanes) is 1. The van der Waals surface area contributed by atoms with Crippen LogP contribution in [0.3, 0.4) is 0 Å². The summed E-state index contributed by atoms with van der Waals surface area (Å²) in [6.07, 6.45) is 1.94. The first-order valence-electron chi connectivity index (χ1n) is 10.0. The van der Waals surface area contributed by atoms with Crippen molar-refractivity contribution in [2.24, 2.45) is 0 Å². The molecule has 0 spiro atoms. The normalized spacial score (nSPS) is 10.4. The van der Waals surface area contributed by atoms with Crippen molar-refractivity contribution in [2.45, 2.75) is 46.1 Å². The fourth-order valence-corrected chi connectivity index (χ4v) is 2.45. The molecule has 0 atom stereocenters. The molecule has 0 aliphatic rings. The summed E-state index contributed by atoms with van der Waals surface area (Å²) in [5.74, 6) is -0.622. The Morgan fingerprint density at radius 1 is 0.906 bits per heavy atom. The van der Waals surface area contributed by atoms with Crippen LogP contribution in [-0.4, -0.2) is 33.7 Å². The molecule has 0 aliphatic carbocycles. The smallest absolute Gasteiger partial charge is 0.282 e. The number of nitro groups is 2. The number of hydrogen-bond acceptors (Lipinski definition) is 6. The number of hydrogen-bond donors (Lipinski definition) is 2. The Labute approximate surface area is 186 Å². The van der Waals surface area contributed by atoms with E-state index in [0.29, 0.717) is 12.1 Å². The number of para-hydroxylation sites is 1. The molecule has 0 radical (unpaired) electrons. The lowest BCUT2D eigenvalue weighted by Crippen LogP contribution is -2.40. The monoisotopic (exact) mass is 444 g/mol. The van der Waals surface area contributed by atoms with Gasteiger partial charge in [-0.25, -0.2) is 0 Å². The Bertz CT molecular complexity index is 952. The molecule has 0 heterocycles. The van der Waals surface area contributed by atoms with Gasteiger partial charge in [-0.1, -0.05) is 25.5 Å². The van der Waals surface area contributed by atoms with Gasteiger partial charge in [0.05, 0.1) is 9.85 Å². The van der Waals surface area contributed by atoms with Gasteiger partial charge in [-0.3, -0.25) is 29.8 Å². The van der Waals surface area contributed by atoms with Crippen LogP contribution in [0.15, 0.2) is 48.5 Å². The van der Waals surface area contributed by atoms with Crippen LogP contribution < -0.4 is 10.6 Å². The summed E-state index contributed by atoms with van der Waals surface area (Å²) in [7, 11) is 0. The summed E-state index contributed by atoms with van der Waals surface area (Å²) < 4.78 is 0. The molecule has 0 bridgehead atoms.